The van der Waals surface area contributed by atoms with E-state index < -0.39 is 0 Å². The molecule has 3 N–H and O–H groups in total. The van der Waals surface area contributed by atoms with Gasteiger partial charge in [-0.15, -0.1) is 0 Å². The van der Waals surface area contributed by atoms with Crippen LogP contribution in [0.4, 0.5) is 5.69 Å². The standard InChI is InChI=1S/C16H17ClN2O2/c1-10-11(5-3-7-14(10)18)16(20)19-9-12-13(17)6-4-8-15(12)21-2/h3-8H,9,18H2,1-2H3,(H,19,20). The van der Waals surface area contributed by atoms with Crippen LogP contribution in [0.25, 0.3) is 0 Å². The van der Waals surface area contributed by atoms with Gasteiger partial charge < -0.3 is 15.8 Å². The molecule has 0 radical (unpaired) electrons. The molecule has 0 aliphatic rings. The average molecular weight is 305 g/mol. The van der Waals surface area contributed by atoms with Crippen LogP contribution in [0, 0.1) is 6.92 Å². The van der Waals surface area contributed by atoms with Crippen LogP contribution in [0.3, 0.4) is 0 Å². The third-order valence-corrected chi connectivity index (χ3v) is 3.70. The molecule has 0 saturated carbocycles. The Balaban J connectivity index is 2.17. The Morgan fingerprint density at radius 3 is 2.71 bits per heavy atom. The van der Waals surface area contributed by atoms with Crippen molar-refractivity contribution in [2.75, 3.05) is 12.8 Å². The van der Waals surface area contributed by atoms with Gasteiger partial charge in [0.05, 0.1) is 7.11 Å². The summed E-state index contributed by atoms with van der Waals surface area (Å²) in [4.78, 5) is 12.3. The van der Waals surface area contributed by atoms with Gasteiger partial charge in [0, 0.05) is 28.4 Å². The summed E-state index contributed by atoms with van der Waals surface area (Å²) in [5.41, 5.74) is 8.48. The number of hydrogen-bond donors (Lipinski definition) is 2. The molecule has 0 heterocycles. The van der Waals surface area contributed by atoms with Crippen molar-refractivity contribution in [3.8, 4) is 5.75 Å². The molecule has 0 aliphatic heterocycles. The SMILES string of the molecule is COc1cccc(Cl)c1CNC(=O)c1cccc(N)c1C. The molecule has 4 nitrogen and oxygen atoms in total. The van der Waals surface area contributed by atoms with Crippen LogP contribution in [-0.4, -0.2) is 13.0 Å². The highest BCUT2D eigenvalue weighted by Gasteiger charge is 2.13. The normalized spacial score (nSPS) is 10.2. The predicted molar refractivity (Wildman–Crippen MR) is 84.8 cm³/mol. The molecule has 0 atom stereocenters. The predicted octanol–water partition coefficient (Wildman–Crippen LogP) is 3.17. The maximum atomic E-state index is 12.3. The fourth-order valence-corrected chi connectivity index (χ4v) is 2.30. The zero-order valence-corrected chi connectivity index (χ0v) is 12.7. The Morgan fingerprint density at radius 1 is 1.29 bits per heavy atom. The topological polar surface area (TPSA) is 64.3 Å². The first-order chi connectivity index (χ1) is 10.0. The van der Waals surface area contributed by atoms with E-state index in [2.05, 4.69) is 5.32 Å². The number of halogens is 1. The second-order valence-electron chi connectivity index (χ2n) is 4.62. The van der Waals surface area contributed by atoms with Gasteiger partial charge in [-0.05, 0) is 36.8 Å². The van der Waals surface area contributed by atoms with E-state index in [0.29, 0.717) is 22.0 Å². The largest absolute Gasteiger partial charge is 0.496 e. The van der Waals surface area contributed by atoms with Gasteiger partial charge in [-0.1, -0.05) is 23.7 Å². The van der Waals surface area contributed by atoms with E-state index in [-0.39, 0.29) is 12.5 Å². The fraction of sp³-hybridized carbons (Fsp3) is 0.188. The summed E-state index contributed by atoms with van der Waals surface area (Å²) in [6, 6.07) is 10.6. The minimum Gasteiger partial charge on any atom is -0.496 e. The van der Waals surface area contributed by atoms with E-state index in [4.69, 9.17) is 22.1 Å². The number of hydrogen-bond acceptors (Lipinski definition) is 3. The molecule has 0 saturated heterocycles. The van der Waals surface area contributed by atoms with Gasteiger partial charge in [0.2, 0.25) is 0 Å². The van der Waals surface area contributed by atoms with Gasteiger partial charge in [0.15, 0.2) is 0 Å². The molecule has 0 aliphatic carbocycles. The van der Waals surface area contributed by atoms with Crippen LogP contribution >= 0.6 is 11.6 Å². The number of ether oxygens (including phenoxy) is 1. The van der Waals surface area contributed by atoms with Crippen molar-refractivity contribution in [2.24, 2.45) is 0 Å². The molecule has 0 spiro atoms. The van der Waals surface area contributed by atoms with E-state index in [1.54, 1.807) is 43.5 Å². The van der Waals surface area contributed by atoms with Gasteiger partial charge in [0.1, 0.15) is 5.75 Å². The van der Waals surface area contributed by atoms with Gasteiger partial charge >= 0.3 is 0 Å². The lowest BCUT2D eigenvalue weighted by Gasteiger charge is -2.13. The third kappa shape index (κ3) is 3.28. The Morgan fingerprint density at radius 2 is 2.00 bits per heavy atom. The Labute approximate surface area is 128 Å². The minimum absolute atomic E-state index is 0.193. The van der Waals surface area contributed by atoms with Gasteiger partial charge in [-0.25, -0.2) is 0 Å². The second kappa shape index (κ2) is 6.50. The summed E-state index contributed by atoms with van der Waals surface area (Å²) in [5.74, 6) is 0.453. The lowest BCUT2D eigenvalue weighted by atomic mass is 10.1. The van der Waals surface area contributed by atoms with E-state index in [9.17, 15) is 4.79 Å². The zero-order valence-electron chi connectivity index (χ0n) is 11.9. The summed E-state index contributed by atoms with van der Waals surface area (Å²) in [5, 5.41) is 3.39. The molecule has 0 unspecified atom stereocenters. The minimum atomic E-state index is -0.193. The molecular weight excluding hydrogens is 288 g/mol. The van der Waals surface area contributed by atoms with Gasteiger partial charge in [-0.2, -0.15) is 0 Å². The van der Waals surface area contributed by atoms with Crippen molar-refractivity contribution in [1.82, 2.24) is 5.32 Å². The lowest BCUT2D eigenvalue weighted by molar-refractivity contribution is 0.0950. The summed E-state index contributed by atoms with van der Waals surface area (Å²) in [6.45, 7) is 2.11. The number of carbonyl (C=O) groups is 1. The quantitative estimate of drug-likeness (QED) is 0.853. The van der Waals surface area contributed by atoms with Crippen LogP contribution < -0.4 is 15.8 Å². The third-order valence-electron chi connectivity index (χ3n) is 3.34. The molecule has 2 aromatic rings. The number of benzene rings is 2. The highest BCUT2D eigenvalue weighted by Crippen LogP contribution is 2.26. The molecule has 2 aromatic carbocycles. The van der Waals surface area contributed by atoms with E-state index in [1.807, 2.05) is 6.92 Å². The van der Waals surface area contributed by atoms with Crippen molar-refractivity contribution in [1.29, 1.82) is 0 Å². The van der Waals surface area contributed by atoms with Crippen LogP contribution in [0.1, 0.15) is 21.5 Å². The number of amides is 1. The summed E-state index contributed by atoms with van der Waals surface area (Å²) in [7, 11) is 1.57. The molecule has 21 heavy (non-hydrogen) atoms. The van der Waals surface area contributed by atoms with Crippen molar-refractivity contribution in [3.05, 3.63) is 58.1 Å². The van der Waals surface area contributed by atoms with Crippen LogP contribution in [0.5, 0.6) is 5.75 Å². The first kappa shape index (κ1) is 15.2. The number of anilines is 1. The first-order valence-electron chi connectivity index (χ1n) is 6.49. The number of rotatable bonds is 4. The Kier molecular flexibility index (Phi) is 4.70. The summed E-state index contributed by atoms with van der Waals surface area (Å²) in [6.07, 6.45) is 0. The highest BCUT2D eigenvalue weighted by molar-refractivity contribution is 6.31. The average Bonchev–Trinajstić information content (AvgIpc) is 2.48. The van der Waals surface area contributed by atoms with Crippen molar-refractivity contribution >= 4 is 23.2 Å². The highest BCUT2D eigenvalue weighted by atomic mass is 35.5. The van der Waals surface area contributed by atoms with E-state index in [1.165, 1.54) is 0 Å². The number of carbonyl (C=O) groups excluding carboxylic acids is 1. The fourth-order valence-electron chi connectivity index (χ4n) is 2.07. The zero-order chi connectivity index (χ0) is 15.4. The Hall–Kier alpha value is -2.20. The van der Waals surface area contributed by atoms with Crippen LogP contribution in [-0.2, 0) is 6.54 Å². The van der Waals surface area contributed by atoms with Crippen molar-refractivity contribution < 1.29 is 9.53 Å². The van der Waals surface area contributed by atoms with Crippen molar-refractivity contribution in [2.45, 2.75) is 13.5 Å². The molecule has 0 fully saturated rings. The molecule has 0 aromatic heterocycles. The maximum Gasteiger partial charge on any atom is 0.251 e. The molecule has 5 heteroatoms. The lowest BCUT2D eigenvalue weighted by Crippen LogP contribution is -2.24. The monoisotopic (exact) mass is 304 g/mol. The second-order valence-corrected chi connectivity index (χ2v) is 5.03. The van der Waals surface area contributed by atoms with Crippen LogP contribution in [0.15, 0.2) is 36.4 Å². The Bertz CT molecular complexity index is 671. The number of nitrogens with two attached hydrogens (primary N) is 1. The number of methoxy groups -OCH3 is 1. The molecular formula is C16H17ClN2O2. The summed E-state index contributed by atoms with van der Waals surface area (Å²) < 4.78 is 5.25. The maximum absolute atomic E-state index is 12.3. The molecule has 1 amide bonds. The van der Waals surface area contributed by atoms with Crippen molar-refractivity contribution in [3.63, 3.8) is 0 Å². The number of nitrogens with one attached hydrogen (secondary N) is 1. The first-order valence-corrected chi connectivity index (χ1v) is 6.87. The molecule has 2 rings (SSSR count). The molecule has 0 bridgehead atoms. The van der Waals surface area contributed by atoms with E-state index >= 15 is 0 Å². The molecule has 110 valence electrons. The van der Waals surface area contributed by atoms with Crippen LogP contribution in [0.2, 0.25) is 5.02 Å². The number of nitrogen functional groups attached to an aromatic ring is 1. The summed E-state index contributed by atoms with van der Waals surface area (Å²) >= 11 is 6.14. The smallest absolute Gasteiger partial charge is 0.251 e. The van der Waals surface area contributed by atoms with Gasteiger partial charge in [0.25, 0.3) is 5.91 Å². The van der Waals surface area contributed by atoms with E-state index in [0.717, 1.165) is 11.1 Å². The van der Waals surface area contributed by atoms with Gasteiger partial charge in [-0.3, -0.25) is 4.79 Å².